The van der Waals surface area contributed by atoms with Crippen LogP contribution in [-0.2, 0) is 21.3 Å². The van der Waals surface area contributed by atoms with E-state index in [0.29, 0.717) is 10.8 Å². The summed E-state index contributed by atoms with van der Waals surface area (Å²) in [5, 5.41) is 4.15. The van der Waals surface area contributed by atoms with Crippen LogP contribution >= 0.6 is 12.2 Å². The molecule has 3 aromatic rings. The molecule has 0 spiro atoms. The molecule has 9 nitrogen and oxygen atoms in total. The normalized spacial score (nSPS) is 20.1. The first kappa shape index (κ1) is 28.5. The summed E-state index contributed by atoms with van der Waals surface area (Å²) in [5.41, 5.74) is 6.82. The number of anilines is 2. The number of morpholine rings is 1. The van der Waals surface area contributed by atoms with Gasteiger partial charge in [-0.2, -0.15) is 0 Å². The van der Waals surface area contributed by atoms with Crippen LogP contribution in [0, 0.1) is 20.8 Å². The van der Waals surface area contributed by atoms with E-state index >= 15 is 0 Å². The molecule has 2 fully saturated rings. The second kappa shape index (κ2) is 11.9. The number of nitrogens with one attached hydrogen (secondary N) is 2. The number of hydrogen-bond donors (Lipinski definition) is 2. The number of aryl methyl sites for hydroxylation is 2. The molecule has 0 radical (unpaired) electrons. The average Bonchev–Trinajstić information content (AvgIpc) is 3.41. The number of pyridine rings is 1. The van der Waals surface area contributed by atoms with E-state index in [9.17, 15) is 8.42 Å². The lowest BCUT2D eigenvalue weighted by Gasteiger charge is -2.29. The first-order valence-corrected chi connectivity index (χ1v) is 16.0. The lowest BCUT2D eigenvalue weighted by atomic mass is 9.96. The summed E-state index contributed by atoms with van der Waals surface area (Å²) in [5.74, 6) is 0. The van der Waals surface area contributed by atoms with E-state index in [1.807, 2.05) is 43.5 Å². The first-order valence-electron chi connectivity index (χ1n) is 13.7. The minimum Gasteiger partial charge on any atom is -0.379 e. The van der Waals surface area contributed by atoms with Gasteiger partial charge in [-0.1, -0.05) is 6.07 Å². The Morgan fingerprint density at radius 2 is 1.88 bits per heavy atom. The monoisotopic (exact) mass is 582 g/mol. The summed E-state index contributed by atoms with van der Waals surface area (Å²) in [6.45, 7) is 11.9. The van der Waals surface area contributed by atoms with Crippen LogP contribution < -0.4 is 14.9 Å². The molecule has 1 aromatic carbocycles. The van der Waals surface area contributed by atoms with Gasteiger partial charge in [0.2, 0.25) is 10.0 Å². The van der Waals surface area contributed by atoms with Crippen molar-refractivity contribution in [1.82, 2.24) is 19.8 Å². The maximum atomic E-state index is 11.8. The van der Waals surface area contributed by atoms with Gasteiger partial charge >= 0.3 is 0 Å². The van der Waals surface area contributed by atoms with Crippen molar-refractivity contribution in [2.75, 3.05) is 48.7 Å². The maximum absolute atomic E-state index is 11.8. The van der Waals surface area contributed by atoms with E-state index in [1.54, 1.807) is 6.07 Å². The van der Waals surface area contributed by atoms with Gasteiger partial charge in [-0.3, -0.25) is 14.6 Å². The fourth-order valence-corrected chi connectivity index (χ4v) is 6.78. The molecule has 0 aliphatic carbocycles. The van der Waals surface area contributed by atoms with Gasteiger partial charge in [0.15, 0.2) is 5.11 Å². The second-order valence-electron chi connectivity index (χ2n) is 10.7. The molecule has 4 heterocycles. The van der Waals surface area contributed by atoms with Crippen molar-refractivity contribution in [3.05, 3.63) is 76.9 Å². The summed E-state index contributed by atoms with van der Waals surface area (Å²) < 4.78 is 34.2. The highest BCUT2D eigenvalue weighted by Gasteiger charge is 2.42. The second-order valence-corrected chi connectivity index (χ2v) is 12.8. The van der Waals surface area contributed by atoms with Gasteiger partial charge in [-0.05, 0) is 86.9 Å². The molecule has 0 amide bonds. The zero-order valence-corrected chi connectivity index (χ0v) is 25.2. The minimum atomic E-state index is -3.39. The quantitative estimate of drug-likeness (QED) is 0.365. The number of aromatic nitrogens is 2. The number of ether oxygens (including phenoxy) is 1. The molecule has 2 unspecified atom stereocenters. The Hall–Kier alpha value is -2.99. The summed E-state index contributed by atoms with van der Waals surface area (Å²) in [4.78, 5) is 9.30. The van der Waals surface area contributed by atoms with Gasteiger partial charge in [-0.25, -0.2) is 8.42 Å². The standard InChI is InChI=1S/C29H38N6O3S2/c1-20-18-23(9-10-25(20)32-40(4,36)37)35-28(27(31-29(35)39)26-8-5-6-11-30-26)24-19-21(2)34(22(24)3)13-7-12-33-14-16-38-17-15-33/h5-6,8-11,18-19,27-28,32H,7,12-17H2,1-4H3,(H,31,39). The van der Waals surface area contributed by atoms with Crippen LogP contribution in [0.5, 0.6) is 0 Å². The van der Waals surface area contributed by atoms with Crippen LogP contribution in [0.1, 0.15) is 46.7 Å². The van der Waals surface area contributed by atoms with Crippen LogP contribution in [0.4, 0.5) is 11.4 Å². The van der Waals surface area contributed by atoms with Gasteiger partial charge in [0.05, 0.1) is 42.9 Å². The number of hydrogen-bond acceptors (Lipinski definition) is 6. The molecule has 2 aromatic heterocycles. The third-order valence-electron chi connectivity index (χ3n) is 7.77. The average molecular weight is 583 g/mol. The molecule has 2 N–H and O–H groups in total. The van der Waals surface area contributed by atoms with Gasteiger partial charge in [0.1, 0.15) is 0 Å². The molecule has 40 heavy (non-hydrogen) atoms. The summed E-state index contributed by atoms with van der Waals surface area (Å²) in [7, 11) is -3.39. The molecule has 0 saturated carbocycles. The van der Waals surface area contributed by atoms with Crippen LogP contribution in [-0.4, -0.2) is 67.1 Å². The molecule has 2 aliphatic rings. The molecule has 2 saturated heterocycles. The topological polar surface area (TPSA) is 91.7 Å². The van der Waals surface area contributed by atoms with Gasteiger partial charge in [0.25, 0.3) is 0 Å². The smallest absolute Gasteiger partial charge is 0.229 e. The van der Waals surface area contributed by atoms with Crippen LogP contribution in [0.3, 0.4) is 0 Å². The largest absolute Gasteiger partial charge is 0.379 e. The van der Waals surface area contributed by atoms with E-state index in [-0.39, 0.29) is 12.1 Å². The third kappa shape index (κ3) is 6.17. The maximum Gasteiger partial charge on any atom is 0.229 e. The predicted octanol–water partition coefficient (Wildman–Crippen LogP) is 4.08. The van der Waals surface area contributed by atoms with Crippen molar-refractivity contribution in [3.63, 3.8) is 0 Å². The Morgan fingerprint density at radius 3 is 2.55 bits per heavy atom. The number of sulfonamides is 1. The van der Waals surface area contributed by atoms with E-state index in [0.717, 1.165) is 69.0 Å². The number of nitrogens with zero attached hydrogens (tertiary/aromatic N) is 4. The SMILES string of the molecule is Cc1cc(N2C(=S)NC(c3ccccn3)C2c2cc(C)n(CCCN3CCOCC3)c2C)ccc1NS(C)(=O)=O. The van der Waals surface area contributed by atoms with Gasteiger partial charge < -0.3 is 19.5 Å². The first-order chi connectivity index (χ1) is 19.1. The Balaban J connectivity index is 1.48. The molecule has 0 bridgehead atoms. The summed E-state index contributed by atoms with van der Waals surface area (Å²) in [6, 6.07) is 13.6. The highest BCUT2D eigenvalue weighted by atomic mass is 32.2. The van der Waals surface area contributed by atoms with E-state index in [2.05, 4.69) is 49.3 Å². The number of rotatable bonds is 9. The number of thiocarbonyl (C=S) groups is 1. The fraction of sp³-hybridized carbons (Fsp3) is 0.448. The third-order valence-corrected chi connectivity index (χ3v) is 8.68. The highest BCUT2D eigenvalue weighted by Crippen LogP contribution is 2.44. The van der Waals surface area contributed by atoms with Gasteiger partial charge in [0, 0.05) is 49.5 Å². The molecule has 2 atom stereocenters. The van der Waals surface area contributed by atoms with E-state index in [4.69, 9.17) is 17.0 Å². The Kier molecular flexibility index (Phi) is 8.46. The molecule has 2 aliphatic heterocycles. The van der Waals surface area contributed by atoms with Crippen molar-refractivity contribution in [1.29, 1.82) is 0 Å². The lowest BCUT2D eigenvalue weighted by molar-refractivity contribution is 0.0369. The Morgan fingerprint density at radius 1 is 1.10 bits per heavy atom. The molecular weight excluding hydrogens is 544 g/mol. The Labute approximate surface area is 242 Å². The predicted molar refractivity (Wildman–Crippen MR) is 163 cm³/mol. The lowest BCUT2D eigenvalue weighted by Crippen LogP contribution is -2.37. The zero-order valence-electron chi connectivity index (χ0n) is 23.6. The Bertz CT molecular complexity index is 1470. The fourth-order valence-electron chi connectivity index (χ4n) is 5.81. The van der Waals surface area contributed by atoms with Crippen molar-refractivity contribution < 1.29 is 13.2 Å². The summed E-state index contributed by atoms with van der Waals surface area (Å²) >= 11 is 5.92. The van der Waals surface area contributed by atoms with Crippen molar-refractivity contribution >= 4 is 38.7 Å². The van der Waals surface area contributed by atoms with E-state index < -0.39 is 10.0 Å². The molecule has 214 valence electrons. The van der Waals surface area contributed by atoms with E-state index in [1.165, 1.54) is 17.0 Å². The summed E-state index contributed by atoms with van der Waals surface area (Å²) in [6.07, 6.45) is 4.03. The van der Waals surface area contributed by atoms with Crippen LogP contribution in [0.2, 0.25) is 0 Å². The van der Waals surface area contributed by atoms with Crippen LogP contribution in [0.25, 0.3) is 0 Å². The number of benzene rings is 1. The van der Waals surface area contributed by atoms with Gasteiger partial charge in [-0.15, -0.1) is 0 Å². The highest BCUT2D eigenvalue weighted by molar-refractivity contribution is 7.92. The zero-order chi connectivity index (χ0) is 28.4. The molecule has 11 heteroatoms. The molecular formula is C29H38N6O3S2. The van der Waals surface area contributed by atoms with Crippen LogP contribution in [0.15, 0.2) is 48.7 Å². The van der Waals surface area contributed by atoms with Crippen molar-refractivity contribution in [2.24, 2.45) is 0 Å². The van der Waals surface area contributed by atoms with Crippen molar-refractivity contribution in [3.8, 4) is 0 Å². The van der Waals surface area contributed by atoms with Crippen molar-refractivity contribution in [2.45, 2.75) is 45.8 Å². The molecule has 5 rings (SSSR count). The minimum absolute atomic E-state index is 0.130.